The number of methoxy groups -OCH3 is 1. The summed E-state index contributed by atoms with van der Waals surface area (Å²) in [6, 6.07) is 9.03. The zero-order valence-corrected chi connectivity index (χ0v) is 13.5. The molecular weight excluding hydrogens is 336 g/mol. The van der Waals surface area contributed by atoms with E-state index in [0.717, 1.165) is 15.8 Å². The molecule has 1 aromatic carbocycles. The molecule has 0 saturated carbocycles. The maximum atomic E-state index is 12.3. The molecule has 6 heteroatoms. The lowest BCUT2D eigenvalue weighted by atomic mass is 10.2. The first-order valence-electron chi connectivity index (χ1n) is 6.41. The molecule has 0 saturated heterocycles. The zero-order valence-electron chi connectivity index (χ0n) is 11.9. The quantitative estimate of drug-likeness (QED) is 0.898. The summed E-state index contributed by atoms with van der Waals surface area (Å²) in [6.45, 7) is 0.691. The predicted molar refractivity (Wildman–Crippen MR) is 83.1 cm³/mol. The van der Waals surface area contributed by atoms with E-state index in [9.17, 15) is 4.79 Å². The largest absolute Gasteiger partial charge is 0.496 e. The van der Waals surface area contributed by atoms with Crippen molar-refractivity contribution in [3.05, 3.63) is 51.9 Å². The van der Waals surface area contributed by atoms with Gasteiger partial charge in [0.25, 0.3) is 5.91 Å². The van der Waals surface area contributed by atoms with Crippen LogP contribution in [-0.2, 0) is 13.1 Å². The number of hydrogen-bond acceptors (Lipinski definition) is 4. The molecule has 1 aromatic heterocycles. The van der Waals surface area contributed by atoms with E-state index in [4.69, 9.17) is 14.9 Å². The molecule has 2 N–H and O–H groups in total. The summed E-state index contributed by atoms with van der Waals surface area (Å²) in [7, 11) is 3.32. The second-order valence-electron chi connectivity index (χ2n) is 4.59. The van der Waals surface area contributed by atoms with Crippen LogP contribution in [0.3, 0.4) is 0 Å². The summed E-state index contributed by atoms with van der Waals surface area (Å²) in [5, 5.41) is 0. The van der Waals surface area contributed by atoms with E-state index >= 15 is 0 Å². The Morgan fingerprint density at radius 3 is 2.76 bits per heavy atom. The van der Waals surface area contributed by atoms with Crippen molar-refractivity contribution >= 4 is 21.8 Å². The minimum absolute atomic E-state index is 0.197. The van der Waals surface area contributed by atoms with Gasteiger partial charge in [0.2, 0.25) is 0 Å². The standard InChI is InChI=1S/C15H17BrN2O3/c1-18(15(19)14-6-4-12(8-17)21-14)9-10-7-11(16)3-5-13(10)20-2/h3-7H,8-9,17H2,1-2H3. The Bertz CT molecular complexity index is 640. The van der Waals surface area contributed by atoms with E-state index in [-0.39, 0.29) is 18.2 Å². The van der Waals surface area contributed by atoms with Gasteiger partial charge in [-0.1, -0.05) is 15.9 Å². The highest BCUT2D eigenvalue weighted by Crippen LogP contribution is 2.24. The Balaban J connectivity index is 2.15. The molecule has 0 spiro atoms. The highest BCUT2D eigenvalue weighted by Gasteiger charge is 2.17. The molecule has 0 aliphatic rings. The number of furan rings is 1. The van der Waals surface area contributed by atoms with Gasteiger partial charge in [0, 0.05) is 23.6 Å². The normalized spacial score (nSPS) is 10.5. The van der Waals surface area contributed by atoms with Crippen LogP contribution in [0.15, 0.2) is 39.2 Å². The van der Waals surface area contributed by atoms with Crippen molar-refractivity contribution in [2.75, 3.05) is 14.2 Å². The van der Waals surface area contributed by atoms with Crippen LogP contribution < -0.4 is 10.5 Å². The molecule has 0 aliphatic carbocycles. The van der Waals surface area contributed by atoms with E-state index in [1.54, 1.807) is 31.2 Å². The van der Waals surface area contributed by atoms with Gasteiger partial charge in [-0.3, -0.25) is 4.79 Å². The number of ether oxygens (including phenoxy) is 1. The van der Waals surface area contributed by atoms with Crippen LogP contribution in [0.2, 0.25) is 0 Å². The topological polar surface area (TPSA) is 68.7 Å². The molecular formula is C15H17BrN2O3. The molecule has 0 radical (unpaired) electrons. The van der Waals surface area contributed by atoms with Crippen molar-refractivity contribution < 1.29 is 13.9 Å². The van der Waals surface area contributed by atoms with Crippen LogP contribution >= 0.6 is 15.9 Å². The van der Waals surface area contributed by atoms with Gasteiger partial charge in [-0.2, -0.15) is 0 Å². The molecule has 0 bridgehead atoms. The first kappa shape index (κ1) is 15.6. The van der Waals surface area contributed by atoms with Crippen LogP contribution in [0.4, 0.5) is 0 Å². The van der Waals surface area contributed by atoms with Crippen molar-refractivity contribution in [1.82, 2.24) is 4.90 Å². The average Bonchev–Trinajstić information content (AvgIpc) is 2.95. The first-order chi connectivity index (χ1) is 10.0. The van der Waals surface area contributed by atoms with Gasteiger partial charge in [-0.05, 0) is 30.3 Å². The molecule has 21 heavy (non-hydrogen) atoms. The summed E-state index contributed by atoms with van der Waals surface area (Å²) in [5.74, 6) is 1.41. The maximum Gasteiger partial charge on any atom is 0.289 e. The second-order valence-corrected chi connectivity index (χ2v) is 5.50. The highest BCUT2D eigenvalue weighted by molar-refractivity contribution is 9.10. The third-order valence-electron chi connectivity index (χ3n) is 3.07. The van der Waals surface area contributed by atoms with Gasteiger partial charge in [0.15, 0.2) is 5.76 Å². The lowest BCUT2D eigenvalue weighted by Crippen LogP contribution is -2.26. The van der Waals surface area contributed by atoms with E-state index in [2.05, 4.69) is 15.9 Å². The molecule has 0 atom stereocenters. The fourth-order valence-electron chi connectivity index (χ4n) is 1.99. The van der Waals surface area contributed by atoms with Crippen molar-refractivity contribution in [3.8, 4) is 5.75 Å². The predicted octanol–water partition coefficient (Wildman–Crippen LogP) is 2.78. The number of hydrogen-bond donors (Lipinski definition) is 1. The molecule has 5 nitrogen and oxygen atoms in total. The van der Waals surface area contributed by atoms with Crippen LogP contribution in [-0.4, -0.2) is 25.0 Å². The minimum Gasteiger partial charge on any atom is -0.496 e. The third kappa shape index (κ3) is 3.65. The Morgan fingerprint density at radius 2 is 2.14 bits per heavy atom. The van der Waals surface area contributed by atoms with E-state index in [0.29, 0.717) is 12.3 Å². The number of rotatable bonds is 5. The second kappa shape index (κ2) is 6.78. The number of nitrogens with two attached hydrogens (primary N) is 1. The summed E-state index contributed by atoms with van der Waals surface area (Å²) in [4.78, 5) is 13.9. The van der Waals surface area contributed by atoms with Gasteiger partial charge in [0.05, 0.1) is 13.7 Å². The summed E-state index contributed by atoms with van der Waals surface area (Å²) in [6.07, 6.45) is 0. The fraction of sp³-hybridized carbons (Fsp3) is 0.267. The SMILES string of the molecule is COc1ccc(Br)cc1CN(C)C(=O)c1ccc(CN)o1. The van der Waals surface area contributed by atoms with Crippen molar-refractivity contribution in [1.29, 1.82) is 0 Å². The highest BCUT2D eigenvalue weighted by atomic mass is 79.9. The molecule has 2 rings (SSSR count). The Kier molecular flexibility index (Phi) is 5.03. The number of halogens is 1. The molecule has 112 valence electrons. The lowest BCUT2D eigenvalue weighted by Gasteiger charge is -2.18. The fourth-order valence-corrected chi connectivity index (χ4v) is 2.40. The van der Waals surface area contributed by atoms with Crippen molar-refractivity contribution in [2.45, 2.75) is 13.1 Å². The monoisotopic (exact) mass is 352 g/mol. The van der Waals surface area contributed by atoms with Crippen LogP contribution in [0.5, 0.6) is 5.75 Å². The van der Waals surface area contributed by atoms with E-state index < -0.39 is 0 Å². The van der Waals surface area contributed by atoms with Crippen LogP contribution in [0, 0.1) is 0 Å². The Labute approximate surface area is 131 Å². The number of nitrogens with zero attached hydrogens (tertiary/aromatic N) is 1. The zero-order chi connectivity index (χ0) is 15.4. The maximum absolute atomic E-state index is 12.3. The molecule has 2 aromatic rings. The van der Waals surface area contributed by atoms with Crippen LogP contribution in [0.1, 0.15) is 21.9 Å². The van der Waals surface area contributed by atoms with Gasteiger partial charge < -0.3 is 19.8 Å². The van der Waals surface area contributed by atoms with Gasteiger partial charge in [0.1, 0.15) is 11.5 Å². The number of carbonyl (C=O) groups is 1. The molecule has 0 fully saturated rings. The Hall–Kier alpha value is -1.79. The molecule has 1 heterocycles. The minimum atomic E-state index is -0.197. The summed E-state index contributed by atoms with van der Waals surface area (Å²) < 4.78 is 11.6. The van der Waals surface area contributed by atoms with Crippen molar-refractivity contribution in [3.63, 3.8) is 0 Å². The van der Waals surface area contributed by atoms with Gasteiger partial charge in [-0.15, -0.1) is 0 Å². The summed E-state index contributed by atoms with van der Waals surface area (Å²) in [5.41, 5.74) is 6.39. The number of benzene rings is 1. The van der Waals surface area contributed by atoms with Gasteiger partial charge >= 0.3 is 0 Å². The molecule has 0 aliphatic heterocycles. The third-order valence-corrected chi connectivity index (χ3v) is 3.56. The average molecular weight is 353 g/mol. The van der Waals surface area contributed by atoms with Crippen molar-refractivity contribution in [2.24, 2.45) is 5.73 Å². The van der Waals surface area contributed by atoms with E-state index in [1.807, 2.05) is 18.2 Å². The Morgan fingerprint density at radius 1 is 1.38 bits per heavy atom. The summed E-state index contributed by atoms with van der Waals surface area (Å²) >= 11 is 3.42. The molecule has 1 amide bonds. The number of carbonyl (C=O) groups excluding carboxylic acids is 1. The lowest BCUT2D eigenvalue weighted by molar-refractivity contribution is 0.0750. The molecule has 0 unspecified atom stereocenters. The first-order valence-corrected chi connectivity index (χ1v) is 7.21. The van der Waals surface area contributed by atoms with Gasteiger partial charge in [-0.25, -0.2) is 0 Å². The number of amides is 1. The van der Waals surface area contributed by atoms with E-state index in [1.165, 1.54) is 0 Å². The van der Waals surface area contributed by atoms with Crippen LogP contribution in [0.25, 0.3) is 0 Å². The smallest absolute Gasteiger partial charge is 0.289 e.